The second-order valence-electron chi connectivity index (χ2n) is 4.01. The van der Waals surface area contributed by atoms with E-state index in [-0.39, 0.29) is 12.4 Å². The van der Waals surface area contributed by atoms with E-state index in [0.29, 0.717) is 21.3 Å². The number of rotatable bonds is 4. The van der Waals surface area contributed by atoms with Gasteiger partial charge >= 0.3 is 5.97 Å². The lowest BCUT2D eigenvalue weighted by Gasteiger charge is -2.10. The average molecular weight is 339 g/mol. The Bertz CT molecular complexity index is 628. The summed E-state index contributed by atoms with van der Waals surface area (Å²) in [6, 6.07) is 11.4. The Kier molecular flexibility index (Phi) is 4.74. The maximum absolute atomic E-state index is 13.1. The summed E-state index contributed by atoms with van der Waals surface area (Å²) in [7, 11) is 1.33. The Hall–Kier alpha value is -1.88. The van der Waals surface area contributed by atoms with E-state index in [1.165, 1.54) is 25.3 Å². The van der Waals surface area contributed by atoms with Crippen LogP contribution in [-0.2, 0) is 11.3 Å². The van der Waals surface area contributed by atoms with Gasteiger partial charge in [-0.05, 0) is 40.2 Å². The maximum Gasteiger partial charge on any atom is 0.338 e. The van der Waals surface area contributed by atoms with Gasteiger partial charge in [0.1, 0.15) is 18.2 Å². The van der Waals surface area contributed by atoms with Crippen LogP contribution in [0.3, 0.4) is 0 Å². The van der Waals surface area contributed by atoms with Gasteiger partial charge in [-0.25, -0.2) is 9.18 Å². The Balaban J connectivity index is 2.14. The fourth-order valence-corrected chi connectivity index (χ4v) is 2.04. The highest BCUT2D eigenvalue weighted by molar-refractivity contribution is 9.10. The van der Waals surface area contributed by atoms with Gasteiger partial charge in [0, 0.05) is 5.56 Å². The van der Waals surface area contributed by atoms with Crippen molar-refractivity contribution in [3.05, 3.63) is 63.9 Å². The molecule has 0 aliphatic rings. The van der Waals surface area contributed by atoms with Crippen molar-refractivity contribution in [3.8, 4) is 5.75 Å². The molecule has 2 rings (SSSR count). The third kappa shape index (κ3) is 3.36. The quantitative estimate of drug-likeness (QED) is 0.791. The molecule has 0 fully saturated rings. The monoisotopic (exact) mass is 338 g/mol. The highest BCUT2D eigenvalue weighted by Gasteiger charge is 2.11. The number of carbonyl (C=O) groups excluding carboxylic acids is 1. The number of hydrogen-bond acceptors (Lipinski definition) is 3. The van der Waals surface area contributed by atoms with Gasteiger partial charge < -0.3 is 9.47 Å². The summed E-state index contributed by atoms with van der Waals surface area (Å²) in [5, 5.41) is 0. The maximum atomic E-state index is 13.1. The van der Waals surface area contributed by atoms with E-state index in [1.54, 1.807) is 18.2 Å². The van der Waals surface area contributed by atoms with Crippen LogP contribution in [0.25, 0.3) is 0 Å². The largest absolute Gasteiger partial charge is 0.489 e. The van der Waals surface area contributed by atoms with Crippen LogP contribution in [0, 0.1) is 5.82 Å². The minimum atomic E-state index is -0.413. The normalized spacial score (nSPS) is 10.2. The molecule has 2 aromatic carbocycles. The molecule has 0 heterocycles. The molecule has 0 unspecified atom stereocenters. The molecule has 3 nitrogen and oxygen atoms in total. The van der Waals surface area contributed by atoms with E-state index in [2.05, 4.69) is 15.9 Å². The van der Waals surface area contributed by atoms with Gasteiger partial charge in [0.05, 0.1) is 17.1 Å². The topological polar surface area (TPSA) is 35.5 Å². The second-order valence-corrected chi connectivity index (χ2v) is 4.87. The van der Waals surface area contributed by atoms with Crippen LogP contribution in [0.4, 0.5) is 4.39 Å². The van der Waals surface area contributed by atoms with Crippen molar-refractivity contribution in [3.63, 3.8) is 0 Å². The molecule has 0 spiro atoms. The molecule has 0 atom stereocenters. The van der Waals surface area contributed by atoms with Crippen molar-refractivity contribution in [1.29, 1.82) is 0 Å². The zero-order valence-corrected chi connectivity index (χ0v) is 12.3. The predicted octanol–water partition coefficient (Wildman–Crippen LogP) is 3.95. The molecule has 0 amide bonds. The summed E-state index contributed by atoms with van der Waals surface area (Å²) in [6.45, 7) is 0.198. The third-order valence-electron chi connectivity index (χ3n) is 2.71. The van der Waals surface area contributed by atoms with Crippen LogP contribution in [0.2, 0.25) is 0 Å². The van der Waals surface area contributed by atoms with Gasteiger partial charge in [-0.2, -0.15) is 0 Å². The Labute approximate surface area is 124 Å². The number of hydrogen-bond donors (Lipinski definition) is 0. The molecule has 0 radical (unpaired) electrons. The van der Waals surface area contributed by atoms with Crippen LogP contribution < -0.4 is 4.74 Å². The van der Waals surface area contributed by atoms with Crippen molar-refractivity contribution >= 4 is 21.9 Å². The smallest absolute Gasteiger partial charge is 0.338 e. The zero-order chi connectivity index (χ0) is 14.5. The molecule has 20 heavy (non-hydrogen) atoms. The first kappa shape index (κ1) is 14.5. The lowest BCUT2D eigenvalue weighted by Crippen LogP contribution is -2.07. The molecule has 0 aliphatic carbocycles. The molecule has 0 aromatic heterocycles. The van der Waals surface area contributed by atoms with Crippen LogP contribution in [-0.4, -0.2) is 13.1 Å². The highest BCUT2D eigenvalue weighted by Crippen LogP contribution is 2.23. The number of esters is 1. The van der Waals surface area contributed by atoms with Crippen molar-refractivity contribution < 1.29 is 18.7 Å². The summed E-state index contributed by atoms with van der Waals surface area (Å²) in [4.78, 5) is 11.6. The number of halogens is 2. The third-order valence-corrected chi connectivity index (χ3v) is 3.32. The highest BCUT2D eigenvalue weighted by atomic mass is 79.9. The Morgan fingerprint density at radius 3 is 2.70 bits per heavy atom. The minimum absolute atomic E-state index is 0.198. The van der Waals surface area contributed by atoms with Gasteiger partial charge in [0.25, 0.3) is 0 Å². The SMILES string of the molecule is COC(=O)c1ccccc1COc1ccc(F)c(Br)c1. The summed E-state index contributed by atoms with van der Waals surface area (Å²) < 4.78 is 23.7. The van der Waals surface area contributed by atoms with Crippen LogP contribution in [0.1, 0.15) is 15.9 Å². The van der Waals surface area contributed by atoms with Crippen molar-refractivity contribution in [2.24, 2.45) is 0 Å². The molecular formula is C15H12BrFO3. The Morgan fingerprint density at radius 1 is 1.25 bits per heavy atom. The molecule has 0 aliphatic heterocycles. The van der Waals surface area contributed by atoms with Crippen molar-refractivity contribution in [1.82, 2.24) is 0 Å². The Morgan fingerprint density at radius 2 is 2.00 bits per heavy atom. The van der Waals surface area contributed by atoms with Gasteiger partial charge in [-0.3, -0.25) is 0 Å². The second kappa shape index (κ2) is 6.52. The minimum Gasteiger partial charge on any atom is -0.489 e. The van der Waals surface area contributed by atoms with E-state index in [0.717, 1.165) is 0 Å². The number of carbonyl (C=O) groups is 1. The van der Waals surface area contributed by atoms with Gasteiger partial charge in [-0.1, -0.05) is 18.2 Å². The number of methoxy groups -OCH3 is 1. The summed E-state index contributed by atoms with van der Waals surface area (Å²) in [5.41, 5.74) is 1.16. The van der Waals surface area contributed by atoms with Crippen LogP contribution >= 0.6 is 15.9 Å². The summed E-state index contributed by atoms with van der Waals surface area (Å²) in [5.74, 6) is -0.255. The molecule has 2 aromatic rings. The van der Waals surface area contributed by atoms with Crippen LogP contribution in [0.15, 0.2) is 46.9 Å². The average Bonchev–Trinajstić information content (AvgIpc) is 2.48. The van der Waals surface area contributed by atoms with E-state index < -0.39 is 5.97 Å². The molecule has 0 N–H and O–H groups in total. The summed E-state index contributed by atoms with van der Waals surface area (Å²) >= 11 is 3.09. The molecule has 0 saturated heterocycles. The molecule has 5 heteroatoms. The van der Waals surface area contributed by atoms with Crippen LogP contribution in [0.5, 0.6) is 5.75 Å². The first-order valence-corrected chi connectivity index (χ1v) is 6.65. The van der Waals surface area contributed by atoms with E-state index in [4.69, 9.17) is 9.47 Å². The molecule has 104 valence electrons. The van der Waals surface area contributed by atoms with Crippen molar-refractivity contribution in [2.75, 3.05) is 7.11 Å². The van der Waals surface area contributed by atoms with E-state index in [1.807, 2.05) is 6.07 Å². The van der Waals surface area contributed by atoms with Gasteiger partial charge in [-0.15, -0.1) is 0 Å². The summed E-state index contributed by atoms with van der Waals surface area (Å²) in [6.07, 6.45) is 0. The van der Waals surface area contributed by atoms with E-state index >= 15 is 0 Å². The zero-order valence-electron chi connectivity index (χ0n) is 10.7. The first-order valence-electron chi connectivity index (χ1n) is 5.86. The standard InChI is InChI=1S/C15H12BrFO3/c1-19-15(18)12-5-3-2-4-10(12)9-20-11-6-7-14(17)13(16)8-11/h2-8H,9H2,1H3. The lowest BCUT2D eigenvalue weighted by molar-refractivity contribution is 0.0597. The lowest BCUT2D eigenvalue weighted by atomic mass is 10.1. The van der Waals surface area contributed by atoms with Gasteiger partial charge in [0.2, 0.25) is 0 Å². The predicted molar refractivity (Wildman–Crippen MR) is 76.2 cm³/mol. The molecular weight excluding hydrogens is 327 g/mol. The number of benzene rings is 2. The van der Waals surface area contributed by atoms with Crippen molar-refractivity contribution in [2.45, 2.75) is 6.61 Å². The van der Waals surface area contributed by atoms with E-state index in [9.17, 15) is 9.18 Å². The van der Waals surface area contributed by atoms with Gasteiger partial charge in [0.15, 0.2) is 0 Å². The number of ether oxygens (including phenoxy) is 2. The molecule has 0 saturated carbocycles. The fraction of sp³-hybridized carbons (Fsp3) is 0.133. The first-order chi connectivity index (χ1) is 9.61. The molecule has 0 bridgehead atoms. The fourth-order valence-electron chi connectivity index (χ4n) is 1.68.